The normalized spacial score (nSPS) is 19.5. The van der Waals surface area contributed by atoms with Gasteiger partial charge in [-0.05, 0) is 32.4 Å². The second-order valence-corrected chi connectivity index (χ2v) is 10.6. The maximum absolute atomic E-state index is 12.7. The van der Waals surface area contributed by atoms with Crippen LogP contribution in [0.15, 0.2) is 12.2 Å². The van der Waals surface area contributed by atoms with E-state index in [0.717, 1.165) is 45.2 Å². The van der Waals surface area contributed by atoms with E-state index in [1.807, 2.05) is 12.2 Å². The molecule has 2 bridgehead atoms. The minimum atomic E-state index is -3.97. The van der Waals surface area contributed by atoms with Gasteiger partial charge < -0.3 is 15.1 Å². The number of hydrogen-bond donors (Lipinski definition) is 2. The van der Waals surface area contributed by atoms with Gasteiger partial charge in [-0.3, -0.25) is 4.28 Å². The minimum absolute atomic E-state index is 0.0141. The highest BCUT2D eigenvalue weighted by atomic mass is 32.2. The molecule has 0 fully saturated rings. The number of unbranched alkanes of at least 4 members (excludes halogenated alkanes) is 6. The molecule has 0 amide bonds. The lowest BCUT2D eigenvalue weighted by Crippen LogP contribution is -2.34. The predicted molar refractivity (Wildman–Crippen MR) is 122 cm³/mol. The number of hydrogen-bond acceptors (Lipinski definition) is 6. The van der Waals surface area contributed by atoms with Crippen LogP contribution in [0.3, 0.4) is 0 Å². The Bertz CT molecular complexity index is 814. The Morgan fingerprint density at radius 2 is 1.42 bits per heavy atom. The molecule has 31 heavy (non-hydrogen) atoms. The predicted octanol–water partition coefficient (Wildman–Crippen LogP) is 4.26. The van der Waals surface area contributed by atoms with Crippen LogP contribution in [0.2, 0.25) is 0 Å². The average Bonchev–Trinajstić information content (AvgIpc) is 3.42. The monoisotopic (exact) mass is 454 g/mol. The molecule has 7 nitrogen and oxygen atoms in total. The molecule has 176 valence electrons. The van der Waals surface area contributed by atoms with Gasteiger partial charge >= 0.3 is 10.1 Å². The number of fused-ring (bicyclic) bond motifs is 5. The molecule has 2 atom stereocenters. The van der Waals surface area contributed by atoms with Crippen LogP contribution in [0, 0.1) is 0 Å². The van der Waals surface area contributed by atoms with Crippen LogP contribution in [-0.2, 0) is 10.1 Å². The molecular formula is C23H38N2O5S. The fraction of sp³-hybridized carbons (Fsp3) is 0.739. The SMILES string of the molecule is CCCCCCN(CCCCCC)CCS(=O)(=O)On1c(O)c2c(c1O)C1C=CC2C1. The van der Waals surface area contributed by atoms with Crippen molar-refractivity contribution in [3.05, 3.63) is 23.3 Å². The number of aromatic nitrogens is 1. The Kier molecular flexibility index (Phi) is 8.33. The van der Waals surface area contributed by atoms with Crippen LogP contribution in [-0.4, -0.2) is 53.6 Å². The number of allylic oxidation sites excluding steroid dienone is 2. The molecule has 3 rings (SSSR count). The molecule has 2 N–H and O–H groups in total. The lowest BCUT2D eigenvalue weighted by Gasteiger charge is -2.22. The van der Waals surface area contributed by atoms with E-state index in [2.05, 4.69) is 18.7 Å². The second kappa shape index (κ2) is 10.8. The summed E-state index contributed by atoms with van der Waals surface area (Å²) in [6.45, 7) is 6.50. The fourth-order valence-electron chi connectivity index (χ4n) is 4.74. The van der Waals surface area contributed by atoms with E-state index in [9.17, 15) is 18.6 Å². The molecular weight excluding hydrogens is 416 g/mol. The smallest absolute Gasteiger partial charge is 0.328 e. The first-order chi connectivity index (χ1) is 14.9. The first-order valence-electron chi connectivity index (χ1n) is 11.9. The van der Waals surface area contributed by atoms with Crippen molar-refractivity contribution in [1.82, 2.24) is 9.63 Å². The molecule has 0 saturated carbocycles. The summed E-state index contributed by atoms with van der Waals surface area (Å²) >= 11 is 0. The summed E-state index contributed by atoms with van der Waals surface area (Å²) in [6, 6.07) is 0. The maximum Gasteiger partial charge on any atom is 0.328 e. The van der Waals surface area contributed by atoms with E-state index in [0.29, 0.717) is 22.4 Å². The standard InChI is InChI=1S/C23H38N2O5S/c1-3-5-7-9-13-24(14-10-8-6-4-2)15-16-31(28,29)30-25-22(26)20-18-11-12-19(17-18)21(20)23(25)27/h11-12,18-19,26-27H,3-10,13-17H2,1-2H3. The fourth-order valence-corrected chi connectivity index (χ4v) is 5.67. The first-order valence-corrected chi connectivity index (χ1v) is 13.4. The summed E-state index contributed by atoms with van der Waals surface area (Å²) in [7, 11) is -3.97. The van der Waals surface area contributed by atoms with Crippen LogP contribution in [0.1, 0.15) is 94.6 Å². The Morgan fingerprint density at radius 3 is 1.90 bits per heavy atom. The second-order valence-electron chi connectivity index (χ2n) is 8.90. The van der Waals surface area contributed by atoms with Gasteiger partial charge in [0, 0.05) is 29.5 Å². The van der Waals surface area contributed by atoms with Crippen molar-refractivity contribution >= 4 is 10.1 Å². The molecule has 8 heteroatoms. The quantitative estimate of drug-likeness (QED) is 0.304. The van der Waals surface area contributed by atoms with Gasteiger partial charge in [-0.1, -0.05) is 69.3 Å². The molecule has 1 aromatic rings. The molecule has 0 aromatic carbocycles. The summed E-state index contributed by atoms with van der Waals surface area (Å²) in [4.78, 5) is 2.20. The van der Waals surface area contributed by atoms with Crippen molar-refractivity contribution in [3.8, 4) is 11.8 Å². The topological polar surface area (TPSA) is 92.0 Å². The van der Waals surface area contributed by atoms with Gasteiger partial charge in [0.1, 0.15) is 5.75 Å². The molecule has 0 saturated heterocycles. The van der Waals surface area contributed by atoms with E-state index in [-0.39, 0.29) is 29.3 Å². The minimum Gasteiger partial charge on any atom is -0.492 e. The van der Waals surface area contributed by atoms with E-state index in [1.165, 1.54) is 25.7 Å². The summed E-state index contributed by atoms with van der Waals surface area (Å²) in [5, 5.41) is 21.0. The molecule has 2 unspecified atom stereocenters. The molecule has 2 aliphatic carbocycles. The number of aromatic hydroxyl groups is 2. The lowest BCUT2D eigenvalue weighted by atomic mass is 10.0. The Balaban J connectivity index is 1.58. The summed E-state index contributed by atoms with van der Waals surface area (Å²) in [6.07, 6.45) is 13.9. The molecule has 0 spiro atoms. The van der Waals surface area contributed by atoms with Crippen molar-refractivity contribution in [1.29, 1.82) is 0 Å². The van der Waals surface area contributed by atoms with Gasteiger partial charge in [0.2, 0.25) is 11.8 Å². The van der Waals surface area contributed by atoms with Gasteiger partial charge in [-0.2, -0.15) is 8.42 Å². The van der Waals surface area contributed by atoms with Gasteiger partial charge in [0.15, 0.2) is 0 Å². The molecule has 1 aromatic heterocycles. The zero-order valence-corrected chi connectivity index (χ0v) is 19.7. The van der Waals surface area contributed by atoms with Crippen molar-refractivity contribution in [2.45, 2.75) is 83.5 Å². The molecule has 0 radical (unpaired) electrons. The highest BCUT2D eigenvalue weighted by molar-refractivity contribution is 7.86. The van der Waals surface area contributed by atoms with Crippen LogP contribution < -0.4 is 4.28 Å². The summed E-state index contributed by atoms with van der Waals surface area (Å²) < 4.78 is 31.2. The average molecular weight is 455 g/mol. The molecule has 2 aliphatic rings. The number of rotatable bonds is 15. The maximum atomic E-state index is 12.7. The largest absolute Gasteiger partial charge is 0.492 e. The summed E-state index contributed by atoms with van der Waals surface area (Å²) in [5.74, 6) is -0.755. The van der Waals surface area contributed by atoms with Crippen LogP contribution in [0.25, 0.3) is 0 Å². The van der Waals surface area contributed by atoms with Gasteiger partial charge in [-0.25, -0.2) is 0 Å². The van der Waals surface area contributed by atoms with E-state index in [4.69, 9.17) is 4.28 Å². The highest BCUT2D eigenvalue weighted by Gasteiger charge is 2.42. The van der Waals surface area contributed by atoms with Gasteiger partial charge in [0.25, 0.3) is 0 Å². The van der Waals surface area contributed by atoms with E-state index < -0.39 is 10.1 Å². The molecule has 0 aliphatic heterocycles. The van der Waals surface area contributed by atoms with Gasteiger partial charge in [-0.15, -0.1) is 0 Å². The number of nitrogens with zero attached hydrogens (tertiary/aromatic N) is 2. The zero-order chi connectivity index (χ0) is 22.4. The third-order valence-corrected chi connectivity index (χ3v) is 7.54. The molecule has 1 heterocycles. The van der Waals surface area contributed by atoms with E-state index in [1.54, 1.807) is 0 Å². The van der Waals surface area contributed by atoms with Crippen molar-refractivity contribution in [3.63, 3.8) is 0 Å². The van der Waals surface area contributed by atoms with Crippen molar-refractivity contribution in [2.24, 2.45) is 0 Å². The highest BCUT2D eigenvalue weighted by Crippen LogP contribution is 2.56. The van der Waals surface area contributed by atoms with Gasteiger partial charge in [0.05, 0.1) is 0 Å². The zero-order valence-electron chi connectivity index (χ0n) is 18.9. The van der Waals surface area contributed by atoms with Crippen LogP contribution >= 0.6 is 0 Å². The Morgan fingerprint density at radius 1 is 0.903 bits per heavy atom. The Labute approximate surface area is 186 Å². The third kappa shape index (κ3) is 5.77. The Hall–Kier alpha value is -1.67. The third-order valence-electron chi connectivity index (χ3n) is 6.48. The van der Waals surface area contributed by atoms with Crippen molar-refractivity contribution in [2.75, 3.05) is 25.4 Å². The summed E-state index contributed by atoms with van der Waals surface area (Å²) in [5.41, 5.74) is 1.18. The van der Waals surface area contributed by atoms with Crippen molar-refractivity contribution < 1.29 is 22.9 Å². The first kappa shape index (κ1) is 24.0. The lowest BCUT2D eigenvalue weighted by molar-refractivity contribution is 0.198. The van der Waals surface area contributed by atoms with E-state index >= 15 is 0 Å². The van der Waals surface area contributed by atoms with Crippen LogP contribution in [0.5, 0.6) is 11.8 Å². The van der Waals surface area contributed by atoms with Crippen LogP contribution in [0.4, 0.5) is 0 Å².